The molecule has 0 aromatic carbocycles. The van der Waals surface area contributed by atoms with Crippen LogP contribution in [-0.4, -0.2) is 31.3 Å². The highest BCUT2D eigenvalue weighted by atomic mass is 16.6. The fraction of sp³-hybridized carbons (Fsp3) is 0.900. The van der Waals surface area contributed by atoms with Gasteiger partial charge in [-0.05, 0) is 19.8 Å². The van der Waals surface area contributed by atoms with Crippen molar-refractivity contribution in [2.75, 3.05) is 7.11 Å². The van der Waals surface area contributed by atoms with Crippen LogP contribution in [0.3, 0.4) is 0 Å². The van der Waals surface area contributed by atoms with Gasteiger partial charge in [0.15, 0.2) is 0 Å². The maximum atomic E-state index is 11.4. The van der Waals surface area contributed by atoms with E-state index in [0.717, 1.165) is 19.3 Å². The molecule has 3 atom stereocenters. The van der Waals surface area contributed by atoms with Gasteiger partial charge in [0, 0.05) is 7.11 Å². The van der Waals surface area contributed by atoms with E-state index in [1.54, 1.807) is 7.11 Å². The van der Waals surface area contributed by atoms with E-state index in [2.05, 4.69) is 0 Å². The summed E-state index contributed by atoms with van der Waals surface area (Å²) in [5.74, 6) is -0.304. The molecule has 1 aliphatic rings. The number of esters is 1. The molecule has 1 saturated heterocycles. The lowest BCUT2D eigenvalue weighted by molar-refractivity contribution is -0.156. The van der Waals surface area contributed by atoms with Gasteiger partial charge < -0.3 is 15.2 Å². The van der Waals surface area contributed by atoms with Crippen LogP contribution in [0.1, 0.15) is 32.6 Å². The lowest BCUT2D eigenvalue weighted by atomic mass is 10.1. The number of ether oxygens (including phenoxy) is 2. The summed E-state index contributed by atoms with van der Waals surface area (Å²) in [6.45, 7) is 1.85. The second kappa shape index (κ2) is 5.32. The molecule has 0 saturated carbocycles. The molecule has 0 radical (unpaired) electrons. The van der Waals surface area contributed by atoms with Crippen LogP contribution in [0.25, 0.3) is 0 Å². The molecular formula is C10H19NO3. The number of carbonyl (C=O) groups excluding carboxylic acids is 1. The van der Waals surface area contributed by atoms with Crippen LogP contribution in [0.4, 0.5) is 0 Å². The molecule has 0 bridgehead atoms. The molecule has 0 amide bonds. The van der Waals surface area contributed by atoms with Gasteiger partial charge >= 0.3 is 5.97 Å². The first-order valence-electron chi connectivity index (χ1n) is 5.14. The smallest absolute Gasteiger partial charge is 0.323 e. The zero-order valence-corrected chi connectivity index (χ0v) is 8.86. The Morgan fingerprint density at radius 1 is 1.43 bits per heavy atom. The summed E-state index contributed by atoms with van der Waals surface area (Å²) in [7, 11) is 1.65. The molecule has 82 valence electrons. The monoisotopic (exact) mass is 201 g/mol. The topological polar surface area (TPSA) is 61.5 Å². The summed E-state index contributed by atoms with van der Waals surface area (Å²) in [5.41, 5.74) is 5.65. The van der Waals surface area contributed by atoms with E-state index in [1.807, 2.05) is 6.92 Å². The maximum absolute atomic E-state index is 11.4. The zero-order valence-electron chi connectivity index (χ0n) is 8.86. The number of hydrogen-bond donors (Lipinski definition) is 1. The third-order valence-corrected chi connectivity index (χ3v) is 2.68. The summed E-state index contributed by atoms with van der Waals surface area (Å²) in [6.07, 6.45) is 3.44. The van der Waals surface area contributed by atoms with Crippen molar-refractivity contribution in [2.24, 2.45) is 5.73 Å². The van der Waals surface area contributed by atoms with Crippen molar-refractivity contribution in [1.29, 1.82) is 0 Å². The number of hydrogen-bond acceptors (Lipinski definition) is 4. The third kappa shape index (κ3) is 2.96. The zero-order chi connectivity index (χ0) is 10.6. The van der Waals surface area contributed by atoms with Gasteiger partial charge in [-0.15, -0.1) is 0 Å². The second-order valence-electron chi connectivity index (χ2n) is 3.81. The fourth-order valence-electron chi connectivity index (χ4n) is 1.72. The first-order valence-corrected chi connectivity index (χ1v) is 5.14. The SMILES string of the molecule is CO[C@@H]1CCCC[C@H](N)C(=O)O[C@H]1C. The summed E-state index contributed by atoms with van der Waals surface area (Å²) in [6, 6.07) is -0.465. The molecule has 1 fully saturated rings. The number of nitrogens with two attached hydrogens (primary N) is 1. The van der Waals surface area contributed by atoms with Crippen molar-refractivity contribution in [3.05, 3.63) is 0 Å². The Hall–Kier alpha value is -0.610. The summed E-state index contributed by atoms with van der Waals surface area (Å²) < 4.78 is 10.5. The molecule has 0 aromatic rings. The minimum absolute atomic E-state index is 0.00394. The predicted molar refractivity (Wildman–Crippen MR) is 52.8 cm³/mol. The molecule has 0 spiro atoms. The lowest BCUT2D eigenvalue weighted by Gasteiger charge is -2.22. The molecule has 0 aromatic heterocycles. The Kier molecular flexibility index (Phi) is 4.35. The lowest BCUT2D eigenvalue weighted by Crippen LogP contribution is -2.37. The molecule has 1 aliphatic heterocycles. The van der Waals surface area contributed by atoms with Crippen molar-refractivity contribution in [3.8, 4) is 0 Å². The minimum Gasteiger partial charge on any atom is -0.459 e. The van der Waals surface area contributed by atoms with E-state index in [-0.39, 0.29) is 18.2 Å². The maximum Gasteiger partial charge on any atom is 0.323 e. The second-order valence-corrected chi connectivity index (χ2v) is 3.81. The van der Waals surface area contributed by atoms with Gasteiger partial charge in [0.05, 0.1) is 6.10 Å². The Bertz CT molecular complexity index is 196. The first kappa shape index (κ1) is 11.5. The van der Waals surface area contributed by atoms with Crippen molar-refractivity contribution < 1.29 is 14.3 Å². The van der Waals surface area contributed by atoms with Gasteiger partial charge in [0.1, 0.15) is 12.1 Å². The molecule has 1 heterocycles. The molecule has 0 aliphatic carbocycles. The van der Waals surface area contributed by atoms with Crippen LogP contribution in [0.5, 0.6) is 0 Å². The molecular weight excluding hydrogens is 182 g/mol. The predicted octanol–water partition coefficient (Wildman–Crippen LogP) is 0.834. The van der Waals surface area contributed by atoms with Gasteiger partial charge in [-0.2, -0.15) is 0 Å². The van der Waals surface area contributed by atoms with Crippen molar-refractivity contribution in [2.45, 2.75) is 50.9 Å². The average Bonchev–Trinajstić information content (AvgIpc) is 2.21. The summed E-state index contributed by atoms with van der Waals surface area (Å²) in [5, 5.41) is 0. The Morgan fingerprint density at radius 2 is 2.07 bits per heavy atom. The van der Waals surface area contributed by atoms with E-state index < -0.39 is 6.04 Å². The van der Waals surface area contributed by atoms with Crippen molar-refractivity contribution in [1.82, 2.24) is 0 Å². The van der Waals surface area contributed by atoms with Crippen LogP contribution in [0.2, 0.25) is 0 Å². The Labute approximate surface area is 84.7 Å². The van der Waals surface area contributed by atoms with Crippen molar-refractivity contribution in [3.63, 3.8) is 0 Å². The molecule has 4 nitrogen and oxygen atoms in total. The average molecular weight is 201 g/mol. The fourth-order valence-corrected chi connectivity index (χ4v) is 1.72. The number of cyclic esters (lactones) is 1. The van der Waals surface area contributed by atoms with Gasteiger partial charge in [-0.3, -0.25) is 4.79 Å². The molecule has 1 rings (SSSR count). The van der Waals surface area contributed by atoms with E-state index in [9.17, 15) is 4.79 Å². The Balaban J connectivity index is 2.59. The van der Waals surface area contributed by atoms with Crippen molar-refractivity contribution >= 4 is 5.97 Å². The normalized spacial score (nSPS) is 35.4. The molecule has 4 heteroatoms. The van der Waals surface area contributed by atoms with E-state index in [4.69, 9.17) is 15.2 Å². The summed E-state index contributed by atoms with van der Waals surface area (Å²) in [4.78, 5) is 11.4. The quantitative estimate of drug-likeness (QED) is 0.638. The summed E-state index contributed by atoms with van der Waals surface area (Å²) >= 11 is 0. The standard InChI is InChI=1S/C10H19NO3/c1-7-9(13-2)6-4-3-5-8(11)10(12)14-7/h7-9H,3-6,11H2,1-2H3/t7-,8-,9+/m0/s1. The van der Waals surface area contributed by atoms with E-state index >= 15 is 0 Å². The largest absolute Gasteiger partial charge is 0.459 e. The van der Waals surface area contributed by atoms with Gasteiger partial charge in [0.2, 0.25) is 0 Å². The number of carbonyl (C=O) groups is 1. The van der Waals surface area contributed by atoms with Crippen LogP contribution in [0, 0.1) is 0 Å². The first-order chi connectivity index (χ1) is 6.65. The van der Waals surface area contributed by atoms with Crippen LogP contribution in [-0.2, 0) is 14.3 Å². The van der Waals surface area contributed by atoms with Gasteiger partial charge in [-0.25, -0.2) is 0 Å². The highest BCUT2D eigenvalue weighted by Crippen LogP contribution is 2.16. The van der Waals surface area contributed by atoms with Gasteiger partial charge in [-0.1, -0.05) is 12.8 Å². The number of rotatable bonds is 1. The minimum atomic E-state index is -0.465. The number of methoxy groups -OCH3 is 1. The molecule has 0 unspecified atom stereocenters. The van der Waals surface area contributed by atoms with E-state index in [0.29, 0.717) is 6.42 Å². The third-order valence-electron chi connectivity index (χ3n) is 2.68. The van der Waals surface area contributed by atoms with Crippen LogP contribution < -0.4 is 5.73 Å². The molecule has 14 heavy (non-hydrogen) atoms. The Morgan fingerprint density at radius 3 is 2.71 bits per heavy atom. The molecule has 2 N–H and O–H groups in total. The highest BCUT2D eigenvalue weighted by molar-refractivity contribution is 5.75. The van der Waals surface area contributed by atoms with Gasteiger partial charge in [0.25, 0.3) is 0 Å². The van der Waals surface area contributed by atoms with Crippen LogP contribution >= 0.6 is 0 Å². The van der Waals surface area contributed by atoms with Crippen LogP contribution in [0.15, 0.2) is 0 Å². The van der Waals surface area contributed by atoms with E-state index in [1.165, 1.54) is 0 Å². The highest BCUT2D eigenvalue weighted by Gasteiger charge is 2.25.